The molecule has 0 aliphatic carbocycles. The minimum atomic E-state index is -3.64. The number of benzene rings is 1. The van der Waals surface area contributed by atoms with E-state index >= 15 is 0 Å². The Kier molecular flexibility index (Phi) is 3.52. The highest BCUT2D eigenvalue weighted by molar-refractivity contribution is 7.92. The van der Waals surface area contributed by atoms with Crippen molar-refractivity contribution in [3.8, 4) is 0 Å². The summed E-state index contributed by atoms with van der Waals surface area (Å²) in [6, 6.07) is 8.75. The minimum absolute atomic E-state index is 0.107. The van der Waals surface area contributed by atoms with Crippen LogP contribution in [0.25, 0.3) is 4.96 Å². The Bertz CT molecular complexity index is 964. The van der Waals surface area contributed by atoms with Crippen LogP contribution in [0, 0.1) is 0 Å². The number of rotatable bonds is 3. The lowest BCUT2D eigenvalue weighted by Crippen LogP contribution is -2.15. The molecule has 108 valence electrons. The van der Waals surface area contributed by atoms with Gasteiger partial charge in [-0.15, -0.1) is 5.10 Å². The zero-order valence-electron chi connectivity index (χ0n) is 10.4. The molecule has 0 aliphatic heterocycles. The summed E-state index contributed by atoms with van der Waals surface area (Å²) in [7, 11) is -3.64. The van der Waals surface area contributed by atoms with Gasteiger partial charge >= 0.3 is 0 Å². The molecule has 0 bridgehead atoms. The molecule has 0 radical (unpaired) electrons. The maximum absolute atomic E-state index is 12.3. The van der Waals surface area contributed by atoms with Crippen LogP contribution in [0.2, 0.25) is 5.02 Å². The van der Waals surface area contributed by atoms with E-state index in [4.69, 9.17) is 11.6 Å². The van der Waals surface area contributed by atoms with Crippen molar-refractivity contribution in [1.82, 2.24) is 14.6 Å². The van der Waals surface area contributed by atoms with Crippen LogP contribution in [-0.4, -0.2) is 23.0 Å². The maximum atomic E-state index is 12.3. The van der Waals surface area contributed by atoms with Crippen molar-refractivity contribution in [3.05, 3.63) is 57.5 Å². The molecule has 0 unspecified atom stereocenters. The highest BCUT2D eigenvalue weighted by Gasteiger charge is 2.22. The van der Waals surface area contributed by atoms with E-state index in [1.807, 2.05) is 0 Å². The average Bonchev–Trinajstić information content (AvgIpc) is 2.89. The van der Waals surface area contributed by atoms with E-state index in [9.17, 15) is 13.2 Å². The summed E-state index contributed by atoms with van der Waals surface area (Å²) in [6.45, 7) is 0. The van der Waals surface area contributed by atoms with Gasteiger partial charge in [0.2, 0.25) is 19.1 Å². The molecule has 0 aliphatic rings. The fourth-order valence-corrected chi connectivity index (χ4v) is 4.32. The quantitative estimate of drug-likeness (QED) is 0.725. The normalized spacial score (nSPS) is 11.9. The molecule has 0 saturated carbocycles. The number of nitrogens with zero attached hydrogens (tertiary/aromatic N) is 3. The molecule has 3 aromatic rings. The topological polar surface area (TPSA) is 81.4 Å². The standard InChI is InChI=1S/C12H8ClN3O3S2/c13-9-6-14-11-16(10(9)17)15-12(20-11)21(18,19)7-8-4-2-1-3-5-8/h1-6H,7H2. The second-order valence-corrected chi connectivity index (χ2v) is 7.74. The first-order valence-electron chi connectivity index (χ1n) is 5.78. The first-order chi connectivity index (χ1) is 9.97. The Morgan fingerprint density at radius 2 is 1.95 bits per heavy atom. The molecule has 6 nitrogen and oxygen atoms in total. The Morgan fingerprint density at radius 1 is 1.24 bits per heavy atom. The SMILES string of the molecule is O=c1c(Cl)cnc2sc(S(=O)(=O)Cc3ccccc3)nn12. The molecule has 2 heterocycles. The van der Waals surface area contributed by atoms with E-state index in [0.717, 1.165) is 15.9 Å². The molecular weight excluding hydrogens is 334 g/mol. The van der Waals surface area contributed by atoms with Gasteiger partial charge in [-0.3, -0.25) is 4.79 Å². The van der Waals surface area contributed by atoms with Crippen molar-refractivity contribution >= 4 is 37.7 Å². The number of hydrogen-bond donors (Lipinski definition) is 0. The molecule has 0 saturated heterocycles. The van der Waals surface area contributed by atoms with Crippen LogP contribution in [0.4, 0.5) is 0 Å². The Labute approximate surface area is 128 Å². The van der Waals surface area contributed by atoms with Crippen molar-refractivity contribution in [2.45, 2.75) is 10.1 Å². The van der Waals surface area contributed by atoms with Crippen LogP contribution in [0.1, 0.15) is 5.56 Å². The third-order valence-corrected chi connectivity index (χ3v) is 6.01. The third-order valence-electron chi connectivity index (χ3n) is 2.69. The van der Waals surface area contributed by atoms with Crippen LogP contribution in [-0.2, 0) is 15.6 Å². The van der Waals surface area contributed by atoms with Gasteiger partial charge in [0.25, 0.3) is 5.56 Å². The van der Waals surface area contributed by atoms with Gasteiger partial charge in [-0.2, -0.15) is 4.52 Å². The molecule has 9 heteroatoms. The first-order valence-corrected chi connectivity index (χ1v) is 8.63. The molecule has 0 atom stereocenters. The molecule has 0 spiro atoms. The predicted molar refractivity (Wildman–Crippen MR) is 79.5 cm³/mol. The maximum Gasteiger partial charge on any atom is 0.293 e. The second-order valence-electron chi connectivity index (χ2n) is 4.22. The molecule has 2 aromatic heterocycles. The molecule has 1 aromatic carbocycles. The van der Waals surface area contributed by atoms with Gasteiger partial charge in [0.05, 0.1) is 11.9 Å². The van der Waals surface area contributed by atoms with Crippen molar-refractivity contribution in [2.75, 3.05) is 0 Å². The van der Waals surface area contributed by atoms with Gasteiger partial charge in [0, 0.05) is 0 Å². The molecule has 0 amide bonds. The number of fused-ring (bicyclic) bond motifs is 1. The molecular formula is C12H8ClN3O3S2. The number of hydrogen-bond acceptors (Lipinski definition) is 6. The van der Waals surface area contributed by atoms with Crippen molar-refractivity contribution < 1.29 is 8.42 Å². The lowest BCUT2D eigenvalue weighted by molar-refractivity contribution is 0.592. The summed E-state index contributed by atoms with van der Waals surface area (Å²) >= 11 is 6.50. The van der Waals surface area contributed by atoms with Crippen molar-refractivity contribution in [3.63, 3.8) is 0 Å². The Balaban J connectivity index is 2.07. The fraction of sp³-hybridized carbons (Fsp3) is 0.0833. The average molecular weight is 342 g/mol. The molecule has 21 heavy (non-hydrogen) atoms. The van der Waals surface area contributed by atoms with Crippen molar-refractivity contribution in [2.24, 2.45) is 0 Å². The van der Waals surface area contributed by atoms with Crippen LogP contribution in [0.5, 0.6) is 0 Å². The van der Waals surface area contributed by atoms with E-state index in [0.29, 0.717) is 5.56 Å². The fourth-order valence-electron chi connectivity index (χ4n) is 1.73. The summed E-state index contributed by atoms with van der Waals surface area (Å²) in [5.74, 6) is -0.184. The van der Waals surface area contributed by atoms with Crippen LogP contribution >= 0.6 is 22.9 Å². The van der Waals surface area contributed by atoms with E-state index in [-0.39, 0.29) is 20.1 Å². The van der Waals surface area contributed by atoms with Crippen LogP contribution < -0.4 is 5.56 Å². The third kappa shape index (κ3) is 2.69. The van der Waals surface area contributed by atoms with Gasteiger partial charge in [-0.1, -0.05) is 53.3 Å². The summed E-state index contributed by atoms with van der Waals surface area (Å²) in [5.41, 5.74) is 0.0640. The molecule has 0 fully saturated rings. The van der Waals surface area contributed by atoms with E-state index in [1.54, 1.807) is 30.3 Å². The largest absolute Gasteiger partial charge is 0.293 e. The summed E-state index contributed by atoms with van der Waals surface area (Å²) < 4.78 is 25.4. The molecule has 0 N–H and O–H groups in total. The zero-order chi connectivity index (χ0) is 15.0. The van der Waals surface area contributed by atoms with Gasteiger partial charge in [0.15, 0.2) is 0 Å². The lowest BCUT2D eigenvalue weighted by Gasteiger charge is -1.99. The summed E-state index contributed by atoms with van der Waals surface area (Å²) in [4.78, 5) is 15.9. The van der Waals surface area contributed by atoms with Crippen LogP contribution in [0.15, 0.2) is 45.7 Å². The van der Waals surface area contributed by atoms with Gasteiger partial charge in [-0.05, 0) is 5.56 Å². The summed E-state index contributed by atoms with van der Waals surface area (Å²) in [6.07, 6.45) is 1.19. The highest BCUT2D eigenvalue weighted by Crippen LogP contribution is 2.21. The molecule has 3 rings (SSSR count). The van der Waals surface area contributed by atoms with Gasteiger partial charge in [-0.25, -0.2) is 13.4 Å². The first kappa shape index (κ1) is 14.2. The van der Waals surface area contributed by atoms with E-state index in [1.165, 1.54) is 6.20 Å². The van der Waals surface area contributed by atoms with E-state index < -0.39 is 15.4 Å². The smallest absolute Gasteiger partial charge is 0.266 e. The number of sulfone groups is 1. The monoisotopic (exact) mass is 341 g/mol. The van der Waals surface area contributed by atoms with Gasteiger partial charge < -0.3 is 0 Å². The lowest BCUT2D eigenvalue weighted by atomic mass is 10.2. The predicted octanol–water partition coefficient (Wildman–Crippen LogP) is 1.78. The summed E-state index contributed by atoms with van der Waals surface area (Å²) in [5, 5.41) is 3.72. The highest BCUT2D eigenvalue weighted by atomic mass is 35.5. The van der Waals surface area contributed by atoms with E-state index in [2.05, 4.69) is 10.1 Å². The Morgan fingerprint density at radius 3 is 2.67 bits per heavy atom. The Hall–Kier alpha value is -1.77. The number of aromatic nitrogens is 3. The zero-order valence-corrected chi connectivity index (χ0v) is 12.8. The number of halogens is 1. The minimum Gasteiger partial charge on any atom is -0.266 e. The van der Waals surface area contributed by atoms with Gasteiger partial charge in [0.1, 0.15) is 5.02 Å². The van der Waals surface area contributed by atoms with Crippen molar-refractivity contribution in [1.29, 1.82) is 0 Å². The second kappa shape index (κ2) is 5.21. The van der Waals surface area contributed by atoms with Crippen LogP contribution in [0.3, 0.4) is 0 Å².